The van der Waals surface area contributed by atoms with Crippen molar-refractivity contribution in [2.75, 3.05) is 5.32 Å². The maximum Gasteiger partial charge on any atom is 0.226 e. The minimum Gasteiger partial charge on any atom is -0.480 e. The van der Waals surface area contributed by atoms with Gasteiger partial charge in [-0.25, -0.2) is 9.07 Å². The molecule has 5 nitrogen and oxygen atoms in total. The lowest BCUT2D eigenvalue weighted by Crippen LogP contribution is -2.32. The van der Waals surface area contributed by atoms with Gasteiger partial charge >= 0.3 is 0 Å². The maximum absolute atomic E-state index is 14.9. The zero-order valence-electron chi connectivity index (χ0n) is 15.9. The summed E-state index contributed by atoms with van der Waals surface area (Å²) in [5.41, 5.74) is 4.24. The molecule has 2 aliphatic heterocycles. The number of ether oxygens (including phenoxy) is 1. The first-order valence-corrected chi connectivity index (χ1v) is 9.77. The zero-order valence-corrected chi connectivity index (χ0v) is 15.9. The minimum absolute atomic E-state index is 0.280. The highest BCUT2D eigenvalue weighted by Crippen LogP contribution is 2.50. The molecule has 0 fully saturated rings. The molecule has 0 radical (unpaired) electrons. The van der Waals surface area contributed by atoms with Crippen molar-refractivity contribution in [1.82, 2.24) is 14.8 Å². The number of aromatic nitrogens is 3. The summed E-state index contributed by atoms with van der Waals surface area (Å²) in [5, 5.41) is 7.89. The monoisotopic (exact) mass is 396 g/mol. The van der Waals surface area contributed by atoms with Crippen LogP contribution in [0.25, 0.3) is 5.70 Å². The molecule has 0 spiro atoms. The fourth-order valence-corrected chi connectivity index (χ4v) is 4.32. The van der Waals surface area contributed by atoms with E-state index in [1.54, 1.807) is 12.1 Å². The smallest absolute Gasteiger partial charge is 0.226 e. The predicted molar refractivity (Wildman–Crippen MR) is 111 cm³/mol. The van der Waals surface area contributed by atoms with Crippen LogP contribution in [0.2, 0.25) is 0 Å². The quantitative estimate of drug-likeness (QED) is 0.519. The number of anilines is 1. The van der Waals surface area contributed by atoms with Crippen LogP contribution in [0, 0.1) is 5.82 Å². The van der Waals surface area contributed by atoms with Gasteiger partial charge in [0.1, 0.15) is 23.9 Å². The van der Waals surface area contributed by atoms with E-state index in [1.165, 1.54) is 12.4 Å². The average Bonchev–Trinajstić information content (AvgIpc) is 3.26. The van der Waals surface area contributed by atoms with E-state index < -0.39 is 6.10 Å². The Bertz CT molecular complexity index is 1280. The largest absolute Gasteiger partial charge is 0.480 e. The van der Waals surface area contributed by atoms with Crippen LogP contribution in [0.3, 0.4) is 0 Å². The lowest BCUT2D eigenvalue weighted by molar-refractivity contribution is 0.218. The summed E-state index contributed by atoms with van der Waals surface area (Å²) < 4.78 is 23.2. The molecule has 2 aliphatic rings. The van der Waals surface area contributed by atoms with E-state index in [2.05, 4.69) is 15.4 Å². The first-order chi connectivity index (χ1) is 14.8. The SMILES string of the molecule is Fc1ccccc1[C@H]1Oc2ccccc2C2=C1[C@H](c1ccccc1)n1ncnc1N2. The molecule has 0 bridgehead atoms. The number of benzene rings is 3. The second-order valence-corrected chi connectivity index (χ2v) is 7.31. The fourth-order valence-electron chi connectivity index (χ4n) is 4.32. The molecule has 0 aliphatic carbocycles. The third kappa shape index (κ3) is 2.47. The molecule has 30 heavy (non-hydrogen) atoms. The van der Waals surface area contributed by atoms with Crippen LogP contribution in [0.5, 0.6) is 5.75 Å². The maximum atomic E-state index is 14.9. The van der Waals surface area contributed by atoms with Crippen molar-refractivity contribution in [3.63, 3.8) is 0 Å². The highest BCUT2D eigenvalue weighted by atomic mass is 19.1. The Morgan fingerprint density at radius 2 is 1.67 bits per heavy atom. The summed E-state index contributed by atoms with van der Waals surface area (Å²) in [4.78, 5) is 4.40. The topological polar surface area (TPSA) is 52.0 Å². The van der Waals surface area contributed by atoms with Gasteiger partial charge in [0.05, 0.1) is 5.70 Å². The van der Waals surface area contributed by atoms with Crippen molar-refractivity contribution in [3.05, 3.63) is 113 Å². The van der Waals surface area contributed by atoms with Crippen molar-refractivity contribution < 1.29 is 9.13 Å². The third-order valence-corrected chi connectivity index (χ3v) is 5.62. The van der Waals surface area contributed by atoms with Crippen LogP contribution in [-0.2, 0) is 0 Å². The van der Waals surface area contributed by atoms with Crippen molar-refractivity contribution in [1.29, 1.82) is 0 Å². The van der Waals surface area contributed by atoms with Gasteiger partial charge in [0.15, 0.2) is 6.10 Å². The Kier molecular flexibility index (Phi) is 3.71. The van der Waals surface area contributed by atoms with Gasteiger partial charge in [0, 0.05) is 16.7 Å². The number of nitrogens with one attached hydrogen (secondary N) is 1. The van der Waals surface area contributed by atoms with Gasteiger partial charge in [-0.3, -0.25) is 0 Å². The van der Waals surface area contributed by atoms with Crippen LogP contribution < -0.4 is 10.1 Å². The van der Waals surface area contributed by atoms with E-state index in [4.69, 9.17) is 4.74 Å². The summed E-state index contributed by atoms with van der Waals surface area (Å²) in [6.45, 7) is 0. The van der Waals surface area contributed by atoms with Gasteiger partial charge in [0.2, 0.25) is 5.95 Å². The second-order valence-electron chi connectivity index (χ2n) is 7.31. The Hall–Kier alpha value is -3.93. The van der Waals surface area contributed by atoms with Gasteiger partial charge < -0.3 is 10.1 Å². The molecule has 3 heterocycles. The summed E-state index contributed by atoms with van der Waals surface area (Å²) in [6, 6.07) is 24.3. The highest BCUT2D eigenvalue weighted by molar-refractivity contribution is 5.85. The van der Waals surface area contributed by atoms with Crippen LogP contribution in [0.4, 0.5) is 10.3 Å². The number of hydrogen-bond donors (Lipinski definition) is 1. The molecule has 0 saturated heterocycles. The molecular formula is C24H17FN4O. The van der Waals surface area contributed by atoms with E-state index in [-0.39, 0.29) is 11.9 Å². The molecule has 1 aromatic heterocycles. The molecule has 0 amide bonds. The van der Waals surface area contributed by atoms with E-state index in [0.717, 1.165) is 22.4 Å². The molecule has 0 saturated carbocycles. The van der Waals surface area contributed by atoms with Crippen molar-refractivity contribution in [3.8, 4) is 5.75 Å². The van der Waals surface area contributed by atoms with Crippen molar-refractivity contribution in [2.24, 2.45) is 0 Å². The van der Waals surface area contributed by atoms with Crippen LogP contribution in [0.1, 0.15) is 28.8 Å². The first-order valence-electron chi connectivity index (χ1n) is 9.77. The molecule has 6 rings (SSSR count). The summed E-state index contributed by atoms with van der Waals surface area (Å²) >= 11 is 0. The van der Waals surface area contributed by atoms with Gasteiger partial charge in [-0.1, -0.05) is 60.7 Å². The van der Waals surface area contributed by atoms with Gasteiger partial charge in [-0.05, 0) is 23.8 Å². The highest BCUT2D eigenvalue weighted by Gasteiger charge is 2.41. The molecule has 4 aromatic rings. The Morgan fingerprint density at radius 3 is 2.53 bits per heavy atom. The summed E-state index contributed by atoms with van der Waals surface area (Å²) in [6.07, 6.45) is 0.924. The third-order valence-electron chi connectivity index (χ3n) is 5.62. The normalized spacial score (nSPS) is 19.2. The van der Waals surface area contributed by atoms with E-state index in [1.807, 2.05) is 65.3 Å². The van der Waals surface area contributed by atoms with E-state index in [9.17, 15) is 4.39 Å². The Labute approximate surface area is 172 Å². The number of rotatable bonds is 2. The van der Waals surface area contributed by atoms with Gasteiger partial charge in [-0.15, -0.1) is 0 Å². The molecule has 3 aromatic carbocycles. The number of nitrogens with zero attached hydrogens (tertiary/aromatic N) is 3. The predicted octanol–water partition coefficient (Wildman–Crippen LogP) is 4.98. The summed E-state index contributed by atoms with van der Waals surface area (Å²) in [7, 11) is 0. The number of fused-ring (bicyclic) bond motifs is 3. The molecule has 2 atom stereocenters. The first kappa shape index (κ1) is 17.0. The van der Waals surface area contributed by atoms with Crippen LogP contribution in [0.15, 0.2) is 90.8 Å². The second kappa shape index (κ2) is 6.56. The average molecular weight is 396 g/mol. The van der Waals surface area contributed by atoms with Crippen LogP contribution in [-0.4, -0.2) is 14.8 Å². The Morgan fingerprint density at radius 1 is 0.900 bits per heavy atom. The van der Waals surface area contributed by atoms with Gasteiger partial charge in [-0.2, -0.15) is 10.1 Å². The molecule has 146 valence electrons. The standard InChI is InChI=1S/C24H17FN4O/c25-18-12-6-4-10-16(18)23-20-21(17-11-5-7-13-19(17)30-23)28-24-26-14-27-29(24)22(20)15-8-2-1-3-9-15/h1-14,22-23H,(H,26,27,28)/t22-,23+/m0/s1. The van der Waals surface area contributed by atoms with Gasteiger partial charge in [0.25, 0.3) is 0 Å². The Balaban J connectivity index is 1.66. The zero-order chi connectivity index (χ0) is 20.1. The molecular weight excluding hydrogens is 379 g/mol. The van der Waals surface area contributed by atoms with Crippen molar-refractivity contribution >= 4 is 11.6 Å². The minimum atomic E-state index is -0.605. The fraction of sp³-hybridized carbons (Fsp3) is 0.0833. The number of para-hydroxylation sites is 1. The lowest BCUT2D eigenvalue weighted by Gasteiger charge is -2.39. The molecule has 1 N–H and O–H groups in total. The molecule has 0 unspecified atom stereocenters. The van der Waals surface area contributed by atoms with Crippen LogP contribution >= 0.6 is 0 Å². The number of hydrogen-bond acceptors (Lipinski definition) is 4. The lowest BCUT2D eigenvalue weighted by atomic mass is 9.84. The van der Waals surface area contributed by atoms with E-state index in [0.29, 0.717) is 17.3 Å². The van der Waals surface area contributed by atoms with E-state index >= 15 is 0 Å². The van der Waals surface area contributed by atoms with Crippen molar-refractivity contribution in [2.45, 2.75) is 12.1 Å². The number of halogens is 1. The summed E-state index contributed by atoms with van der Waals surface area (Å²) in [5.74, 6) is 1.05. The molecule has 6 heteroatoms.